The molecule has 18 atom stereocenters. The van der Waals surface area contributed by atoms with Gasteiger partial charge in [0.15, 0.2) is 0 Å². The summed E-state index contributed by atoms with van der Waals surface area (Å²) >= 11 is 0. The molecule has 10 nitrogen and oxygen atoms in total. The Bertz CT molecular complexity index is 1370. The summed E-state index contributed by atoms with van der Waals surface area (Å²) in [6.07, 6.45) is 9.58. The topological polar surface area (TPSA) is 198 Å². The quantitative estimate of drug-likeness (QED) is 0.114. The average molecular weight is 727 g/mol. The maximum atomic E-state index is 11.6. The number of hydrogen-bond acceptors (Lipinski definition) is 10. The summed E-state index contributed by atoms with van der Waals surface area (Å²) in [5.74, 6) is 2.16. The Morgan fingerprint density at radius 2 is 1.06 bits per heavy atom. The van der Waals surface area contributed by atoms with Crippen LogP contribution in [0.2, 0.25) is 0 Å². The number of carbonyl (C=O) groups excluding carboxylic acids is 1. The molecule has 6 saturated carbocycles. The summed E-state index contributed by atoms with van der Waals surface area (Å²) in [5.41, 5.74) is 1.64. The van der Waals surface area contributed by atoms with Crippen LogP contribution in [-0.4, -0.2) is 96.0 Å². The molecule has 10 unspecified atom stereocenters. The molecule has 0 aromatic carbocycles. The van der Waals surface area contributed by atoms with E-state index < -0.39 is 48.8 Å². The van der Waals surface area contributed by atoms with Gasteiger partial charge in [-0.2, -0.15) is 0 Å². The van der Waals surface area contributed by atoms with Crippen LogP contribution in [-0.2, 0) is 9.53 Å². The van der Waals surface area contributed by atoms with Crippen LogP contribution in [0, 0.1) is 57.2 Å². The van der Waals surface area contributed by atoms with Crippen molar-refractivity contribution in [1.29, 1.82) is 0 Å². The molecule has 0 heterocycles. The van der Waals surface area contributed by atoms with Crippen molar-refractivity contribution in [2.45, 2.75) is 161 Å². The van der Waals surface area contributed by atoms with E-state index in [1.807, 2.05) is 0 Å². The van der Waals surface area contributed by atoms with Gasteiger partial charge in [0, 0.05) is 6.92 Å². The van der Waals surface area contributed by atoms with Crippen LogP contribution in [0.4, 0.5) is 0 Å². The standard InChI is InChI=1S/C21H32O5.C19H30O4.Na.H2O/c1-11(22)26-18-14-5-4-12-13(20(14,2)9-7-16(18)23)6-8-21(3)15(12)10-17(24)19(21)25;1-18-8-6-14(20)16(22)12(18)4-3-10-11(18)5-7-19(2)13(10)9-15(21)17(19)23;;/h5,12-13,15-19,23-25H,4,6-10H2,1-3H3;4,10-11,13-17,20-23H,3,5-9H2,1-2H3;;1H2/q;;+1;/p-1/t12?,13?,15?,16-,17+,18+,19-,20?,21?;10?,11?,13?,14-,15+,16+,17-,18?,19?;;/m00../s1. The third kappa shape index (κ3) is 6.31. The smallest absolute Gasteiger partial charge is 0.870 e. The first-order chi connectivity index (χ1) is 23.0. The van der Waals surface area contributed by atoms with E-state index in [4.69, 9.17) is 4.74 Å². The fourth-order valence-electron chi connectivity index (χ4n) is 13.7. The van der Waals surface area contributed by atoms with Crippen LogP contribution in [0.25, 0.3) is 0 Å². The number of aliphatic hydroxyl groups is 7. The Morgan fingerprint density at radius 3 is 1.53 bits per heavy atom. The first kappa shape index (κ1) is 41.8. The first-order valence-corrected chi connectivity index (χ1v) is 19.3. The zero-order chi connectivity index (χ0) is 35.4. The molecular weight excluding hydrogens is 663 g/mol. The molecule has 0 radical (unpaired) electrons. The van der Waals surface area contributed by atoms with Gasteiger partial charge >= 0.3 is 35.5 Å². The minimum Gasteiger partial charge on any atom is -0.870 e. The molecule has 284 valence electrons. The van der Waals surface area contributed by atoms with Crippen LogP contribution in [0.3, 0.4) is 0 Å². The van der Waals surface area contributed by atoms with E-state index in [-0.39, 0.29) is 62.7 Å². The van der Waals surface area contributed by atoms with Crippen molar-refractivity contribution in [3.8, 4) is 0 Å². The van der Waals surface area contributed by atoms with Crippen LogP contribution in [0.1, 0.15) is 112 Å². The first-order valence-electron chi connectivity index (χ1n) is 19.3. The number of hydrogen-bond donors (Lipinski definition) is 7. The zero-order valence-electron chi connectivity index (χ0n) is 31.6. The average Bonchev–Trinajstić information content (AvgIpc) is 3.43. The molecule has 0 aliphatic heterocycles. The van der Waals surface area contributed by atoms with Gasteiger partial charge in [-0.05, 0) is 145 Å². The molecule has 0 spiro atoms. The molecule has 8 aliphatic carbocycles. The largest absolute Gasteiger partial charge is 1.00 e. The van der Waals surface area contributed by atoms with Gasteiger partial charge in [-0.25, -0.2) is 0 Å². The van der Waals surface area contributed by atoms with Gasteiger partial charge in [-0.3, -0.25) is 4.79 Å². The van der Waals surface area contributed by atoms with Crippen molar-refractivity contribution >= 4 is 5.97 Å². The molecule has 0 saturated heterocycles. The second kappa shape index (κ2) is 14.6. The van der Waals surface area contributed by atoms with Crippen LogP contribution in [0.15, 0.2) is 23.3 Å². The Labute approximate surface area is 325 Å². The SMILES string of the molecule is CC(=O)O[C@@H]1C2=CCC3C(CCC4(C)C3C[C@@H](O)[C@@H]4O)C2(C)CC[C@@H]1O.CC12CC[C@H](O)[C@H](O)C1=CCC1C2CCC2(C)C1C[C@@H](O)[C@@H]2O.[Na+].[OH-]. The minimum atomic E-state index is -0.720. The third-order valence-corrected chi connectivity index (χ3v) is 16.5. The number of allylic oxidation sites excluding steroid dienone is 2. The molecule has 0 bridgehead atoms. The molecule has 0 aromatic rings. The van der Waals surface area contributed by atoms with Gasteiger partial charge in [0.25, 0.3) is 0 Å². The van der Waals surface area contributed by atoms with Gasteiger partial charge in [-0.15, -0.1) is 0 Å². The van der Waals surface area contributed by atoms with E-state index in [0.29, 0.717) is 61.2 Å². The molecule has 8 N–H and O–H groups in total. The Morgan fingerprint density at radius 1 is 0.627 bits per heavy atom. The Balaban J connectivity index is 0.000000191. The van der Waals surface area contributed by atoms with Crippen LogP contribution >= 0.6 is 0 Å². The van der Waals surface area contributed by atoms with Gasteiger partial charge in [-0.1, -0.05) is 39.8 Å². The summed E-state index contributed by atoms with van der Waals surface area (Å²) in [4.78, 5) is 11.6. The van der Waals surface area contributed by atoms with E-state index in [1.54, 1.807) is 0 Å². The molecule has 0 aromatic heterocycles. The zero-order valence-corrected chi connectivity index (χ0v) is 33.6. The predicted octanol–water partition coefficient (Wildman–Crippen LogP) is 0.623. The van der Waals surface area contributed by atoms with Gasteiger partial charge in [0.05, 0.1) is 36.6 Å². The summed E-state index contributed by atoms with van der Waals surface area (Å²) < 4.78 is 5.52. The van der Waals surface area contributed by atoms with Crippen LogP contribution < -0.4 is 29.6 Å². The number of rotatable bonds is 1. The Kier molecular flexibility index (Phi) is 12.0. The fourth-order valence-corrected chi connectivity index (χ4v) is 13.7. The van der Waals surface area contributed by atoms with Gasteiger partial charge in [0.2, 0.25) is 0 Å². The summed E-state index contributed by atoms with van der Waals surface area (Å²) in [5, 5.41) is 72.5. The van der Waals surface area contributed by atoms with Crippen molar-refractivity contribution in [2.24, 2.45) is 57.2 Å². The van der Waals surface area contributed by atoms with Crippen molar-refractivity contribution in [3.63, 3.8) is 0 Å². The molecule has 11 heteroatoms. The number of fused-ring (bicyclic) bond motifs is 10. The molecule has 8 rings (SSSR count). The van der Waals surface area contributed by atoms with E-state index >= 15 is 0 Å². The molecule has 6 fully saturated rings. The van der Waals surface area contributed by atoms with Crippen molar-refractivity contribution in [2.75, 3.05) is 0 Å². The maximum absolute atomic E-state index is 11.6. The Hall–Kier alpha value is -0.370. The van der Waals surface area contributed by atoms with E-state index in [1.165, 1.54) is 6.92 Å². The van der Waals surface area contributed by atoms with E-state index in [0.717, 1.165) is 62.5 Å². The fraction of sp³-hybridized carbons (Fsp3) is 0.875. The minimum absolute atomic E-state index is 0. The molecular formula is C40H63NaO10. The molecule has 51 heavy (non-hydrogen) atoms. The van der Waals surface area contributed by atoms with Gasteiger partial charge < -0.3 is 46.0 Å². The molecule has 8 aliphatic rings. The number of aliphatic hydroxyl groups excluding tert-OH is 7. The number of ether oxygens (including phenoxy) is 1. The van der Waals surface area contributed by atoms with E-state index in [2.05, 4.69) is 39.8 Å². The number of esters is 1. The van der Waals surface area contributed by atoms with Gasteiger partial charge in [0.1, 0.15) is 12.2 Å². The number of carbonyl (C=O) groups is 1. The summed E-state index contributed by atoms with van der Waals surface area (Å²) in [7, 11) is 0. The van der Waals surface area contributed by atoms with Crippen LogP contribution in [0.5, 0.6) is 0 Å². The van der Waals surface area contributed by atoms with Crippen molar-refractivity contribution in [3.05, 3.63) is 23.3 Å². The normalized spacial score (nSPS) is 53.6. The van der Waals surface area contributed by atoms with Crippen molar-refractivity contribution < 1.29 is 80.3 Å². The second-order valence-electron chi connectivity index (χ2n) is 18.7. The second-order valence-corrected chi connectivity index (χ2v) is 18.7. The maximum Gasteiger partial charge on any atom is 1.00 e. The van der Waals surface area contributed by atoms with Crippen molar-refractivity contribution in [1.82, 2.24) is 0 Å². The molecule has 0 amide bonds. The summed E-state index contributed by atoms with van der Waals surface area (Å²) in [6, 6.07) is 0. The van der Waals surface area contributed by atoms with E-state index in [9.17, 15) is 40.5 Å². The monoisotopic (exact) mass is 726 g/mol. The third-order valence-electron chi connectivity index (χ3n) is 16.5. The predicted molar refractivity (Wildman–Crippen MR) is 184 cm³/mol. The summed E-state index contributed by atoms with van der Waals surface area (Å²) in [6.45, 7) is 10.2.